The van der Waals surface area contributed by atoms with Gasteiger partial charge in [-0.05, 0) is 55.8 Å². The molecule has 2 aromatic heterocycles. The minimum Gasteiger partial charge on any atom is -0.497 e. The number of methoxy groups -OCH3 is 1. The number of rotatable bonds is 11. The van der Waals surface area contributed by atoms with Crippen LogP contribution in [0.5, 0.6) is 5.75 Å². The van der Waals surface area contributed by atoms with Crippen molar-refractivity contribution >= 4 is 44.3 Å². The first-order chi connectivity index (χ1) is 21.6. The number of benzene rings is 2. The highest BCUT2D eigenvalue weighted by Gasteiger charge is 2.40. The van der Waals surface area contributed by atoms with Gasteiger partial charge < -0.3 is 45.3 Å². The molecule has 5 rings (SSSR count). The number of anilines is 3. The summed E-state index contributed by atoms with van der Waals surface area (Å²) in [5.41, 5.74) is 1.19. The molecule has 1 amide bonds. The van der Waals surface area contributed by atoms with E-state index in [2.05, 4.69) is 35.6 Å². The van der Waals surface area contributed by atoms with E-state index in [0.29, 0.717) is 29.3 Å². The number of likely N-dealkylation sites (N-methyl/N-ethyl adjacent to an activating group) is 1. The van der Waals surface area contributed by atoms with Crippen molar-refractivity contribution in [1.82, 2.24) is 24.8 Å². The van der Waals surface area contributed by atoms with Gasteiger partial charge in [0.2, 0.25) is 6.35 Å². The maximum Gasteiger partial charge on any atom is 0.261 e. The SMILES string of the molecule is CCNC(=O)[C@H]1OCCC(n2cnc3c(NC(O)Nc4cccc(S(=O)(=O)Nc5ccc(OC)cc5)c4)ncnc32)[C@@H](O)C1O. The van der Waals surface area contributed by atoms with Crippen LogP contribution in [0.25, 0.3) is 11.2 Å². The molecule has 1 aliphatic rings. The third-order valence-electron chi connectivity index (χ3n) is 7.15. The van der Waals surface area contributed by atoms with Crippen molar-refractivity contribution in [2.75, 3.05) is 35.6 Å². The van der Waals surface area contributed by atoms with Crippen LogP contribution in [-0.2, 0) is 19.6 Å². The summed E-state index contributed by atoms with van der Waals surface area (Å²) in [7, 11) is -2.43. The summed E-state index contributed by atoms with van der Waals surface area (Å²) in [6, 6.07) is 11.6. The Morgan fingerprint density at radius 2 is 1.87 bits per heavy atom. The second kappa shape index (κ2) is 13.6. The summed E-state index contributed by atoms with van der Waals surface area (Å²) in [6.07, 6.45) is -2.64. The van der Waals surface area contributed by atoms with Crippen molar-refractivity contribution < 1.29 is 38.0 Å². The van der Waals surface area contributed by atoms with Crippen molar-refractivity contribution in [3.63, 3.8) is 0 Å². The van der Waals surface area contributed by atoms with Gasteiger partial charge in [0.25, 0.3) is 15.9 Å². The second-order valence-electron chi connectivity index (χ2n) is 10.1. The van der Waals surface area contributed by atoms with E-state index in [1.165, 1.54) is 38.0 Å². The lowest BCUT2D eigenvalue weighted by atomic mass is 9.99. The number of fused-ring (bicyclic) bond motifs is 1. The quantitative estimate of drug-likeness (QED) is 0.112. The Kier molecular flexibility index (Phi) is 9.64. The van der Waals surface area contributed by atoms with Crippen LogP contribution in [0.4, 0.5) is 17.2 Å². The zero-order valence-electron chi connectivity index (χ0n) is 24.4. The van der Waals surface area contributed by atoms with E-state index in [1.54, 1.807) is 41.8 Å². The summed E-state index contributed by atoms with van der Waals surface area (Å²) in [4.78, 5) is 25.1. The second-order valence-corrected chi connectivity index (χ2v) is 11.8. The number of hydrogen-bond donors (Lipinski definition) is 7. The molecule has 1 fully saturated rings. The monoisotopic (exact) mass is 642 g/mol. The first kappa shape index (κ1) is 31.9. The van der Waals surface area contributed by atoms with Gasteiger partial charge in [-0.15, -0.1) is 0 Å². The third-order valence-corrected chi connectivity index (χ3v) is 8.53. The maximum absolute atomic E-state index is 13.0. The van der Waals surface area contributed by atoms with Gasteiger partial charge in [-0.1, -0.05) is 6.07 Å². The van der Waals surface area contributed by atoms with Crippen LogP contribution in [0.3, 0.4) is 0 Å². The van der Waals surface area contributed by atoms with Crippen molar-refractivity contribution in [3.05, 3.63) is 61.2 Å². The predicted octanol–water partition coefficient (Wildman–Crippen LogP) is 0.623. The van der Waals surface area contributed by atoms with Gasteiger partial charge >= 0.3 is 0 Å². The van der Waals surface area contributed by atoms with Crippen molar-refractivity contribution in [2.45, 2.75) is 48.9 Å². The van der Waals surface area contributed by atoms with E-state index in [0.717, 1.165) is 0 Å². The van der Waals surface area contributed by atoms with Gasteiger partial charge in [0.05, 0.1) is 24.4 Å². The molecule has 240 valence electrons. The van der Waals surface area contributed by atoms with Crippen LogP contribution in [-0.4, -0.2) is 94.1 Å². The minimum atomic E-state index is -3.94. The van der Waals surface area contributed by atoms with E-state index < -0.39 is 46.6 Å². The van der Waals surface area contributed by atoms with Gasteiger partial charge in [0.15, 0.2) is 23.1 Å². The Balaban J connectivity index is 1.29. The smallest absolute Gasteiger partial charge is 0.261 e. The number of carbonyl (C=O) groups is 1. The zero-order valence-corrected chi connectivity index (χ0v) is 25.2. The third kappa shape index (κ3) is 7.07. The predicted molar refractivity (Wildman–Crippen MR) is 163 cm³/mol. The lowest BCUT2D eigenvalue weighted by molar-refractivity contribution is -0.144. The number of aliphatic hydroxyl groups excluding tert-OH is 3. The number of hydrogen-bond acceptors (Lipinski definition) is 13. The molecule has 0 spiro atoms. The minimum absolute atomic E-state index is 0.0405. The molecule has 1 saturated heterocycles. The van der Waals surface area contributed by atoms with Crippen molar-refractivity contribution in [1.29, 1.82) is 0 Å². The number of nitrogens with one attached hydrogen (secondary N) is 4. The highest BCUT2D eigenvalue weighted by molar-refractivity contribution is 7.92. The number of amides is 1. The molecular weight excluding hydrogens is 608 g/mol. The Bertz CT molecular complexity index is 1740. The average Bonchev–Trinajstić information content (AvgIpc) is 3.39. The van der Waals surface area contributed by atoms with Gasteiger partial charge in [-0.3, -0.25) is 9.52 Å². The molecule has 16 nitrogen and oxygen atoms in total. The standard InChI is InChI=1S/C28H34N8O8S/c1-3-29-27(39)24-23(38)22(37)20(11-12-44-24)36-15-32-21-25(30-14-31-26(21)36)34-28(40)33-17-5-4-6-19(13-17)45(41,42)35-16-7-9-18(43-2)10-8-16/h4-10,13-15,20,22-24,28,33,35,37-38,40H,3,11-12H2,1-2H3,(H,29,39)(H,30,31,34)/t20?,22-,23?,24+,28?/m1/s1. The first-order valence-corrected chi connectivity index (χ1v) is 15.5. The molecular formula is C28H34N8O8S. The fraction of sp³-hybridized carbons (Fsp3) is 0.357. The van der Waals surface area contributed by atoms with Crippen LogP contribution >= 0.6 is 0 Å². The molecule has 0 radical (unpaired) electrons. The number of carbonyl (C=O) groups excluding carboxylic acids is 1. The first-order valence-electron chi connectivity index (χ1n) is 14.0. The van der Waals surface area contributed by atoms with E-state index in [1.807, 2.05) is 0 Å². The Morgan fingerprint density at radius 3 is 2.60 bits per heavy atom. The largest absolute Gasteiger partial charge is 0.497 e. The molecule has 0 saturated carbocycles. The van der Waals surface area contributed by atoms with Gasteiger partial charge in [-0.2, -0.15) is 0 Å². The van der Waals surface area contributed by atoms with Crippen LogP contribution in [0, 0.1) is 0 Å². The molecule has 45 heavy (non-hydrogen) atoms. The van der Waals surface area contributed by atoms with E-state index >= 15 is 0 Å². The van der Waals surface area contributed by atoms with E-state index in [-0.39, 0.29) is 29.3 Å². The Morgan fingerprint density at radius 1 is 1.09 bits per heavy atom. The molecule has 17 heteroatoms. The van der Waals surface area contributed by atoms with Crippen LogP contribution in [0.2, 0.25) is 0 Å². The molecule has 0 aliphatic carbocycles. The van der Waals surface area contributed by atoms with E-state index in [9.17, 15) is 28.5 Å². The fourth-order valence-corrected chi connectivity index (χ4v) is 6.05. The number of aliphatic hydroxyl groups is 3. The summed E-state index contributed by atoms with van der Waals surface area (Å²) in [5, 5.41) is 40.6. The van der Waals surface area contributed by atoms with Gasteiger partial charge in [0, 0.05) is 24.5 Å². The summed E-state index contributed by atoms with van der Waals surface area (Å²) in [5.74, 6) is 0.205. The topological polar surface area (TPSA) is 222 Å². The highest BCUT2D eigenvalue weighted by atomic mass is 32.2. The lowest BCUT2D eigenvalue weighted by Crippen LogP contribution is -2.49. The van der Waals surface area contributed by atoms with Crippen molar-refractivity contribution in [2.24, 2.45) is 0 Å². The fourth-order valence-electron chi connectivity index (χ4n) is 4.95. The maximum atomic E-state index is 13.0. The van der Waals surface area contributed by atoms with Gasteiger partial charge in [0.1, 0.15) is 24.3 Å². The molecule has 4 aromatic rings. The number of ether oxygens (including phenoxy) is 2. The highest BCUT2D eigenvalue weighted by Crippen LogP contribution is 2.30. The lowest BCUT2D eigenvalue weighted by Gasteiger charge is -2.27. The molecule has 3 unspecified atom stereocenters. The normalized spacial score (nSPS) is 21.0. The molecule has 2 aromatic carbocycles. The van der Waals surface area contributed by atoms with Crippen LogP contribution < -0.4 is 25.4 Å². The molecule has 5 atom stereocenters. The summed E-state index contributed by atoms with van der Waals surface area (Å²) < 4.78 is 40.7. The Hall–Kier alpha value is -4.55. The molecule has 7 N–H and O–H groups in total. The van der Waals surface area contributed by atoms with Crippen molar-refractivity contribution in [3.8, 4) is 5.75 Å². The average molecular weight is 643 g/mol. The van der Waals surface area contributed by atoms with E-state index in [4.69, 9.17) is 9.47 Å². The zero-order chi connectivity index (χ0) is 32.1. The number of imidazole rings is 1. The molecule has 0 bridgehead atoms. The van der Waals surface area contributed by atoms with Gasteiger partial charge in [-0.25, -0.2) is 23.4 Å². The molecule has 3 heterocycles. The number of aromatic nitrogens is 4. The number of sulfonamides is 1. The summed E-state index contributed by atoms with van der Waals surface area (Å²) >= 11 is 0. The van der Waals surface area contributed by atoms with Crippen LogP contribution in [0.15, 0.2) is 66.1 Å². The number of nitrogens with zero attached hydrogens (tertiary/aromatic N) is 4. The molecule has 1 aliphatic heterocycles. The summed E-state index contributed by atoms with van der Waals surface area (Å²) in [6.45, 7) is 2.17. The van der Waals surface area contributed by atoms with Crippen LogP contribution in [0.1, 0.15) is 19.4 Å². The Labute approximate surface area is 258 Å².